The van der Waals surface area contributed by atoms with Gasteiger partial charge in [-0.15, -0.1) is 0 Å². The first-order valence-electron chi connectivity index (χ1n) is 4.85. The first kappa shape index (κ1) is 10.1. The van der Waals surface area contributed by atoms with Gasteiger partial charge in [0, 0.05) is 5.56 Å². The number of rotatable bonds is 1. The predicted molar refractivity (Wildman–Crippen MR) is 64.5 cm³/mol. The van der Waals surface area contributed by atoms with Crippen molar-refractivity contribution in [3.63, 3.8) is 0 Å². The summed E-state index contributed by atoms with van der Waals surface area (Å²) in [4.78, 5) is 0. The molecular weight excluding hydrogens is 204 g/mol. The normalized spacial score (nSPS) is 10.3. The van der Waals surface area contributed by atoms with Crippen LogP contribution in [0, 0.1) is 18.4 Å². The molecule has 1 aromatic carbocycles. The SMILES string of the molecule is Cc1cc(=S)c(-c2ccccc2)c(C)o1. The van der Waals surface area contributed by atoms with Crippen LogP contribution < -0.4 is 0 Å². The largest absolute Gasteiger partial charge is 0.466 e. The monoisotopic (exact) mass is 216 g/mol. The van der Waals surface area contributed by atoms with Crippen LogP contribution in [0.1, 0.15) is 11.5 Å². The Morgan fingerprint density at radius 3 is 2.33 bits per heavy atom. The molecule has 0 unspecified atom stereocenters. The minimum Gasteiger partial charge on any atom is -0.466 e. The molecule has 0 amide bonds. The van der Waals surface area contributed by atoms with Gasteiger partial charge in [0.1, 0.15) is 11.5 Å². The number of aryl methyl sites for hydroxylation is 2. The minimum atomic E-state index is 0.849. The molecule has 0 fully saturated rings. The van der Waals surface area contributed by atoms with Gasteiger partial charge in [0.25, 0.3) is 0 Å². The van der Waals surface area contributed by atoms with Crippen LogP contribution in [0.5, 0.6) is 0 Å². The van der Waals surface area contributed by atoms with Gasteiger partial charge in [-0.2, -0.15) is 0 Å². The summed E-state index contributed by atoms with van der Waals surface area (Å²) in [5.41, 5.74) is 2.14. The van der Waals surface area contributed by atoms with Gasteiger partial charge < -0.3 is 4.42 Å². The lowest BCUT2D eigenvalue weighted by atomic mass is 10.1. The van der Waals surface area contributed by atoms with Crippen molar-refractivity contribution in [1.29, 1.82) is 0 Å². The first-order valence-corrected chi connectivity index (χ1v) is 5.26. The second-order valence-corrected chi connectivity index (χ2v) is 3.96. The second kappa shape index (κ2) is 3.99. The molecule has 1 aromatic heterocycles. The summed E-state index contributed by atoms with van der Waals surface area (Å²) in [6.07, 6.45) is 0. The topological polar surface area (TPSA) is 13.1 Å². The molecule has 2 aromatic rings. The van der Waals surface area contributed by atoms with Crippen LogP contribution in [0.3, 0.4) is 0 Å². The van der Waals surface area contributed by atoms with E-state index >= 15 is 0 Å². The Bertz CT molecular complexity index is 526. The molecule has 0 spiro atoms. The first-order chi connectivity index (χ1) is 7.18. The van der Waals surface area contributed by atoms with Gasteiger partial charge in [0.05, 0.1) is 4.51 Å². The molecule has 0 bridgehead atoms. The second-order valence-electron chi connectivity index (χ2n) is 3.52. The number of benzene rings is 1. The van der Waals surface area contributed by atoms with E-state index in [0.717, 1.165) is 27.2 Å². The zero-order chi connectivity index (χ0) is 10.8. The summed E-state index contributed by atoms with van der Waals surface area (Å²) in [5, 5.41) is 0. The third kappa shape index (κ3) is 2.00. The Hall–Kier alpha value is -1.41. The molecule has 2 heteroatoms. The maximum Gasteiger partial charge on any atom is 0.110 e. The average Bonchev–Trinajstić information content (AvgIpc) is 2.17. The molecule has 0 saturated heterocycles. The predicted octanol–water partition coefficient (Wildman–Crippen LogP) is 4.29. The summed E-state index contributed by atoms with van der Waals surface area (Å²) < 4.78 is 6.43. The van der Waals surface area contributed by atoms with Gasteiger partial charge in [-0.3, -0.25) is 0 Å². The molecule has 76 valence electrons. The molecule has 0 saturated carbocycles. The zero-order valence-electron chi connectivity index (χ0n) is 8.78. The van der Waals surface area contributed by atoms with Gasteiger partial charge in [-0.25, -0.2) is 0 Å². The van der Waals surface area contributed by atoms with E-state index in [-0.39, 0.29) is 0 Å². The van der Waals surface area contributed by atoms with Gasteiger partial charge in [-0.1, -0.05) is 42.5 Å². The van der Waals surface area contributed by atoms with E-state index in [0.29, 0.717) is 0 Å². The van der Waals surface area contributed by atoms with Crippen molar-refractivity contribution in [3.05, 3.63) is 52.4 Å². The van der Waals surface area contributed by atoms with Crippen molar-refractivity contribution in [2.24, 2.45) is 0 Å². The quantitative estimate of drug-likeness (QED) is 0.659. The fourth-order valence-electron chi connectivity index (χ4n) is 1.70. The highest BCUT2D eigenvalue weighted by molar-refractivity contribution is 7.71. The van der Waals surface area contributed by atoms with E-state index in [1.807, 2.05) is 50.2 Å². The van der Waals surface area contributed by atoms with Crippen LogP contribution in [0.2, 0.25) is 0 Å². The van der Waals surface area contributed by atoms with Crippen molar-refractivity contribution in [2.45, 2.75) is 13.8 Å². The average molecular weight is 216 g/mol. The lowest BCUT2D eigenvalue weighted by Gasteiger charge is -2.06. The molecular formula is C13H12OS. The Morgan fingerprint density at radius 1 is 1.07 bits per heavy atom. The van der Waals surface area contributed by atoms with Crippen molar-refractivity contribution < 1.29 is 4.42 Å². The molecule has 1 heterocycles. The van der Waals surface area contributed by atoms with Gasteiger partial charge in [0.2, 0.25) is 0 Å². The van der Waals surface area contributed by atoms with Crippen molar-refractivity contribution >= 4 is 12.2 Å². The summed E-state index contributed by atoms with van der Waals surface area (Å²) in [6, 6.07) is 12.0. The maximum absolute atomic E-state index is 5.58. The Labute approximate surface area is 94.4 Å². The van der Waals surface area contributed by atoms with Crippen LogP contribution >= 0.6 is 12.2 Å². The van der Waals surface area contributed by atoms with Crippen LogP contribution in [0.4, 0.5) is 0 Å². The highest BCUT2D eigenvalue weighted by atomic mass is 32.1. The summed E-state index contributed by atoms with van der Waals surface area (Å²) in [5.74, 6) is 1.74. The molecule has 0 radical (unpaired) electrons. The standard InChI is InChI=1S/C13H12OS/c1-9-8-12(15)13(10(2)14-9)11-6-4-3-5-7-11/h3-8H,1-2H3. The van der Waals surface area contributed by atoms with Crippen LogP contribution in [0.15, 0.2) is 40.8 Å². The van der Waals surface area contributed by atoms with Gasteiger partial charge in [0.15, 0.2) is 0 Å². The number of hydrogen-bond donors (Lipinski definition) is 0. The smallest absolute Gasteiger partial charge is 0.110 e. The van der Waals surface area contributed by atoms with Crippen molar-refractivity contribution in [3.8, 4) is 11.1 Å². The summed E-state index contributed by atoms with van der Waals surface area (Å²) >= 11 is 5.35. The molecule has 15 heavy (non-hydrogen) atoms. The lowest BCUT2D eigenvalue weighted by molar-refractivity contribution is 0.487. The third-order valence-electron chi connectivity index (χ3n) is 2.31. The van der Waals surface area contributed by atoms with Crippen LogP contribution in [-0.4, -0.2) is 0 Å². The molecule has 0 aliphatic carbocycles. The molecule has 2 rings (SSSR count). The summed E-state index contributed by atoms with van der Waals surface area (Å²) in [7, 11) is 0. The minimum absolute atomic E-state index is 0.849. The van der Waals surface area contributed by atoms with Crippen LogP contribution in [0.25, 0.3) is 11.1 Å². The Kier molecular flexibility index (Phi) is 2.69. The molecule has 0 N–H and O–H groups in total. The summed E-state index contributed by atoms with van der Waals surface area (Å²) in [6.45, 7) is 3.86. The van der Waals surface area contributed by atoms with Crippen molar-refractivity contribution in [2.75, 3.05) is 0 Å². The van der Waals surface area contributed by atoms with E-state index in [2.05, 4.69) is 0 Å². The van der Waals surface area contributed by atoms with E-state index < -0.39 is 0 Å². The highest BCUT2D eigenvalue weighted by Crippen LogP contribution is 2.25. The van der Waals surface area contributed by atoms with E-state index in [1.165, 1.54) is 0 Å². The maximum atomic E-state index is 5.58. The Morgan fingerprint density at radius 2 is 1.73 bits per heavy atom. The fraction of sp³-hybridized carbons (Fsp3) is 0.154. The highest BCUT2D eigenvalue weighted by Gasteiger charge is 2.06. The molecule has 0 aliphatic heterocycles. The van der Waals surface area contributed by atoms with E-state index in [4.69, 9.17) is 16.6 Å². The zero-order valence-corrected chi connectivity index (χ0v) is 9.60. The van der Waals surface area contributed by atoms with E-state index in [9.17, 15) is 0 Å². The fourth-order valence-corrected chi connectivity index (χ4v) is 2.13. The lowest BCUT2D eigenvalue weighted by Crippen LogP contribution is -1.86. The molecule has 0 atom stereocenters. The molecule has 1 nitrogen and oxygen atoms in total. The van der Waals surface area contributed by atoms with Crippen molar-refractivity contribution in [1.82, 2.24) is 0 Å². The van der Waals surface area contributed by atoms with Gasteiger partial charge in [-0.05, 0) is 25.5 Å². The number of hydrogen-bond acceptors (Lipinski definition) is 2. The van der Waals surface area contributed by atoms with E-state index in [1.54, 1.807) is 0 Å². The van der Waals surface area contributed by atoms with Gasteiger partial charge >= 0.3 is 0 Å². The third-order valence-corrected chi connectivity index (χ3v) is 2.63. The molecule has 0 aliphatic rings. The van der Waals surface area contributed by atoms with Crippen LogP contribution in [-0.2, 0) is 0 Å². The Balaban J connectivity index is 2.69.